The van der Waals surface area contributed by atoms with E-state index in [4.69, 9.17) is 28.9 Å². The zero-order chi connectivity index (χ0) is 59.5. The molecular formula is C64H75FN12O8S. The normalized spacial score (nSPS) is 23.8. The van der Waals surface area contributed by atoms with Crippen LogP contribution in [0.4, 0.5) is 20.8 Å². The van der Waals surface area contributed by atoms with Gasteiger partial charge in [0.2, 0.25) is 11.8 Å². The molecule has 4 aromatic heterocycles. The number of pyridine rings is 1. The molecule has 452 valence electrons. The second-order valence-electron chi connectivity index (χ2n) is 24.8. The number of phenolic OH excluding ortho intramolecular Hbond substituents is 1. The Kier molecular flexibility index (Phi) is 15.8. The van der Waals surface area contributed by atoms with Crippen LogP contribution in [0, 0.1) is 18.7 Å². The number of anilines is 2. The number of carbonyl (C=O) groups is 3. The van der Waals surface area contributed by atoms with Crippen LogP contribution in [0.3, 0.4) is 0 Å². The number of aryl methyl sites for hydroxylation is 2. The predicted octanol–water partition coefficient (Wildman–Crippen LogP) is 8.53. The molecule has 7 aromatic rings. The van der Waals surface area contributed by atoms with Crippen LogP contribution in [0.15, 0.2) is 76.9 Å². The van der Waals surface area contributed by atoms with Gasteiger partial charge in [-0.15, -0.1) is 11.3 Å². The number of phenols is 1. The highest BCUT2D eigenvalue weighted by Crippen LogP contribution is 2.44. The van der Waals surface area contributed by atoms with Gasteiger partial charge in [-0.3, -0.25) is 19.5 Å². The summed E-state index contributed by atoms with van der Waals surface area (Å²) in [6.45, 7) is 14.3. The third-order valence-electron chi connectivity index (χ3n) is 19.0. The quantitative estimate of drug-likeness (QED) is 0.0711. The minimum atomic E-state index is -0.865. The van der Waals surface area contributed by atoms with E-state index in [2.05, 4.69) is 37.5 Å². The number of carbonyl (C=O) groups excluding carboxylic acids is 3. The molecule has 3 aromatic carbocycles. The molecule has 22 heteroatoms. The summed E-state index contributed by atoms with van der Waals surface area (Å²) < 4.78 is 36.0. The molecule has 10 heterocycles. The first kappa shape index (κ1) is 57.5. The molecule has 6 aliphatic rings. The number of aromatic hydroxyl groups is 1. The minimum absolute atomic E-state index is 0.0169. The summed E-state index contributed by atoms with van der Waals surface area (Å²) in [7, 11) is 0. The molecule has 6 saturated heterocycles. The number of halogens is 1. The molecule has 13 rings (SSSR count). The van der Waals surface area contributed by atoms with Gasteiger partial charge in [-0.25, -0.2) is 14.2 Å². The molecule has 0 aliphatic carbocycles. The van der Waals surface area contributed by atoms with E-state index in [1.807, 2.05) is 80.6 Å². The van der Waals surface area contributed by atoms with Gasteiger partial charge in [0.25, 0.3) is 0 Å². The van der Waals surface area contributed by atoms with Crippen LogP contribution >= 0.6 is 11.3 Å². The number of thiazole rings is 1. The maximum atomic E-state index is 17.4. The number of ether oxygens (including phenoxy) is 2. The standard InChI is InChI=1S/C64H75FN12O8S/c1-6-39-9-7-10-42-25-46(78)26-48(54(39)42)56-55(65)57-49(29-66-56)59(75-30-43-15-16-44(31-75)69-43)71-62(70-57)84-34-64-18-8-20-77(64)45(17-19-64)33-83-63(82)74-23-21-73(22-24-74)52-28-51(85-72-52)53(36(2)3)61(81)76-32-47(79)27-50(76)60(80)68-37(4)40-11-13-41(14-12-40)58-38(5)67-35-86-58/h7,9-14,25-26,28-29,35-37,43-45,47,50,53,69,78-79H,6,8,15-24,27,30-34H2,1-5H3,(H,68,80)/t37-,43?,44?,45-,47+,50-,53+,64?/m0/s1. The molecule has 8 atom stereocenters. The predicted molar refractivity (Wildman–Crippen MR) is 325 cm³/mol. The summed E-state index contributed by atoms with van der Waals surface area (Å²) in [6.07, 6.45) is 6.84. The van der Waals surface area contributed by atoms with Gasteiger partial charge in [0.15, 0.2) is 17.4 Å². The second-order valence-corrected chi connectivity index (χ2v) is 25.7. The zero-order valence-electron chi connectivity index (χ0n) is 49.4. The number of nitrogens with zero attached hydrogens (tertiary/aromatic N) is 10. The van der Waals surface area contributed by atoms with E-state index in [1.165, 1.54) is 4.90 Å². The molecule has 0 saturated carbocycles. The smallest absolute Gasteiger partial charge is 0.409 e. The zero-order valence-corrected chi connectivity index (χ0v) is 50.2. The van der Waals surface area contributed by atoms with Crippen LogP contribution in [0.1, 0.15) is 107 Å². The third kappa shape index (κ3) is 10.9. The van der Waals surface area contributed by atoms with E-state index in [-0.39, 0.29) is 90.6 Å². The molecule has 0 spiro atoms. The van der Waals surface area contributed by atoms with Crippen molar-refractivity contribution in [1.29, 1.82) is 0 Å². The van der Waals surface area contributed by atoms with Crippen molar-refractivity contribution in [3.8, 4) is 33.5 Å². The summed E-state index contributed by atoms with van der Waals surface area (Å²) in [5.41, 5.74) is 6.16. The molecule has 0 radical (unpaired) electrons. The Bertz CT molecular complexity index is 3680. The molecule has 2 bridgehead atoms. The van der Waals surface area contributed by atoms with Crippen molar-refractivity contribution in [2.24, 2.45) is 5.92 Å². The van der Waals surface area contributed by atoms with Crippen LogP contribution in [0.5, 0.6) is 11.8 Å². The van der Waals surface area contributed by atoms with Crippen LogP contribution in [0.2, 0.25) is 0 Å². The number of nitrogens with one attached hydrogen (secondary N) is 2. The average Bonchev–Trinajstić information content (AvgIpc) is 1.63. The first-order valence-electron chi connectivity index (χ1n) is 30.6. The van der Waals surface area contributed by atoms with Gasteiger partial charge in [-0.1, -0.05) is 68.4 Å². The van der Waals surface area contributed by atoms with Crippen LogP contribution in [-0.2, 0) is 20.7 Å². The van der Waals surface area contributed by atoms with E-state index >= 15 is 4.39 Å². The maximum Gasteiger partial charge on any atom is 0.409 e. The van der Waals surface area contributed by atoms with Crippen molar-refractivity contribution in [2.75, 3.05) is 75.4 Å². The lowest BCUT2D eigenvalue weighted by Gasteiger charge is -2.36. The van der Waals surface area contributed by atoms with Crippen molar-refractivity contribution >= 4 is 62.6 Å². The number of aromatic nitrogens is 5. The fraction of sp³-hybridized carbons (Fsp3) is 0.500. The van der Waals surface area contributed by atoms with Gasteiger partial charge < -0.3 is 54.4 Å². The van der Waals surface area contributed by atoms with Crippen LogP contribution < -0.4 is 25.2 Å². The first-order valence-corrected chi connectivity index (χ1v) is 31.4. The van der Waals surface area contributed by atoms with Gasteiger partial charge in [0.05, 0.1) is 39.2 Å². The fourth-order valence-electron chi connectivity index (χ4n) is 14.5. The number of hydrogen-bond donors (Lipinski definition) is 4. The van der Waals surface area contributed by atoms with Crippen molar-refractivity contribution < 1.29 is 43.0 Å². The lowest BCUT2D eigenvalue weighted by atomic mass is 9.91. The molecule has 3 amide bonds. The minimum Gasteiger partial charge on any atom is -0.508 e. The van der Waals surface area contributed by atoms with Gasteiger partial charge in [0.1, 0.15) is 48.0 Å². The van der Waals surface area contributed by atoms with E-state index in [0.717, 1.165) is 83.1 Å². The number of benzene rings is 3. The number of hydrogen-bond acceptors (Lipinski definition) is 18. The van der Waals surface area contributed by atoms with E-state index in [9.17, 15) is 24.6 Å². The Morgan fingerprint density at radius 1 is 0.942 bits per heavy atom. The highest BCUT2D eigenvalue weighted by Gasteiger charge is 2.51. The van der Waals surface area contributed by atoms with Crippen molar-refractivity contribution in [3.05, 3.63) is 101 Å². The number of aliphatic hydroxyl groups excluding tert-OH is 1. The first-order chi connectivity index (χ1) is 41.6. The number of aliphatic hydroxyl groups is 1. The molecule has 4 N–H and O–H groups in total. The summed E-state index contributed by atoms with van der Waals surface area (Å²) in [5, 5.41) is 35.0. The lowest BCUT2D eigenvalue weighted by Crippen LogP contribution is -2.51. The highest BCUT2D eigenvalue weighted by atomic mass is 32.1. The summed E-state index contributed by atoms with van der Waals surface area (Å²) >= 11 is 1.58. The van der Waals surface area contributed by atoms with Gasteiger partial charge >= 0.3 is 12.1 Å². The summed E-state index contributed by atoms with van der Waals surface area (Å²) in [6, 6.07) is 18.4. The molecule has 6 fully saturated rings. The molecule has 6 aliphatic heterocycles. The number of likely N-dealkylation sites (tertiary alicyclic amines) is 1. The van der Waals surface area contributed by atoms with Gasteiger partial charge in [-0.05, 0) is 111 Å². The third-order valence-corrected chi connectivity index (χ3v) is 20.0. The number of rotatable bonds is 16. The summed E-state index contributed by atoms with van der Waals surface area (Å²) in [5.74, 6) is -0.688. The number of piperazine rings is 2. The van der Waals surface area contributed by atoms with Crippen molar-refractivity contribution in [1.82, 2.24) is 50.4 Å². The Morgan fingerprint density at radius 3 is 2.48 bits per heavy atom. The van der Waals surface area contributed by atoms with E-state index < -0.39 is 23.9 Å². The monoisotopic (exact) mass is 1190 g/mol. The van der Waals surface area contributed by atoms with Crippen LogP contribution in [0.25, 0.3) is 43.4 Å². The largest absolute Gasteiger partial charge is 0.508 e. The molecule has 20 nitrogen and oxygen atoms in total. The van der Waals surface area contributed by atoms with Crippen molar-refractivity contribution in [2.45, 2.75) is 134 Å². The van der Waals surface area contributed by atoms with Crippen LogP contribution in [-0.4, -0.2) is 169 Å². The Hall–Kier alpha value is -7.53. The highest BCUT2D eigenvalue weighted by molar-refractivity contribution is 7.13. The Labute approximate surface area is 503 Å². The number of β-amino-alcohol motifs (C(OH)–C–C–N with tert-alkyl or cyclic N) is 1. The summed E-state index contributed by atoms with van der Waals surface area (Å²) in [4.78, 5) is 72.0. The van der Waals surface area contributed by atoms with Gasteiger partial charge in [0, 0.05) is 88.2 Å². The van der Waals surface area contributed by atoms with Crippen molar-refractivity contribution in [3.63, 3.8) is 0 Å². The average molecular weight is 1190 g/mol. The SMILES string of the molecule is CCc1cccc2cc(O)cc(-c3ncc4c(N5CC6CCC(C5)N6)nc(OCC56CCCN5[C@H](COC(=O)N5CCN(c7cc([C@H](C(=O)N8C[C@H](O)C[C@H]8C(=O)N[C@@H](C)c8ccc(-c9scnc9C)cc8)C(C)C)on7)CC5)CC6)nc4c3F)c12. The molecule has 3 unspecified atom stereocenters. The Balaban J connectivity index is 0.634. The van der Waals surface area contributed by atoms with E-state index in [0.29, 0.717) is 86.1 Å². The fourth-order valence-corrected chi connectivity index (χ4v) is 15.3. The Morgan fingerprint density at radius 2 is 1.73 bits per heavy atom. The molecular weight excluding hydrogens is 1120 g/mol. The lowest BCUT2D eigenvalue weighted by molar-refractivity contribution is -0.141. The topological polar surface area (TPSA) is 228 Å². The number of fused-ring (bicyclic) bond motifs is 5. The van der Waals surface area contributed by atoms with Gasteiger partial charge in [-0.2, -0.15) is 9.97 Å². The molecule has 86 heavy (non-hydrogen) atoms. The number of amides is 3. The maximum absolute atomic E-state index is 17.4. The second kappa shape index (κ2) is 23.6. The van der Waals surface area contributed by atoms with E-state index in [1.54, 1.807) is 40.6 Å².